The third-order valence-electron chi connectivity index (χ3n) is 9.20. The van der Waals surface area contributed by atoms with Crippen molar-refractivity contribution in [1.29, 1.82) is 0 Å². The summed E-state index contributed by atoms with van der Waals surface area (Å²) in [6.45, 7) is 0. The lowest BCUT2D eigenvalue weighted by molar-refractivity contribution is -0.134. The van der Waals surface area contributed by atoms with Gasteiger partial charge in [-0.25, -0.2) is 0 Å². The number of nitrogens with two attached hydrogens (primary N) is 2. The van der Waals surface area contributed by atoms with Crippen molar-refractivity contribution in [1.82, 2.24) is 20.9 Å². The Morgan fingerprint density at radius 3 is 2.12 bits per heavy atom. The first-order valence-electron chi connectivity index (χ1n) is 16.3. The smallest absolute Gasteiger partial charge is 0.243 e. The number of H-pyrrole nitrogens is 1. The lowest BCUT2D eigenvalue weighted by Crippen LogP contribution is -2.58. The number of para-hydroxylation sites is 1. The van der Waals surface area contributed by atoms with Crippen LogP contribution < -0.4 is 27.4 Å². The van der Waals surface area contributed by atoms with Gasteiger partial charge in [-0.1, -0.05) is 73.2 Å². The Balaban J connectivity index is 1.28. The van der Waals surface area contributed by atoms with Crippen LogP contribution in [0.15, 0.2) is 90.4 Å². The molecule has 1 fully saturated rings. The SMILES string of the molecule is NC(=O)[C@H](Cc1ccccc1)NC(=O)[C@@H](Cc1c[nH]c2ccccc12)NC(=O)[C@@H](Cc1csc2ccccc12)NC(=O)[C@@H]1CCC[C@@H]1N. The van der Waals surface area contributed by atoms with Crippen molar-refractivity contribution in [3.05, 3.63) is 107 Å². The molecule has 8 N–H and O–H groups in total. The molecule has 6 rings (SSSR count). The Morgan fingerprint density at radius 1 is 0.750 bits per heavy atom. The van der Waals surface area contributed by atoms with E-state index < -0.39 is 35.8 Å². The monoisotopic (exact) mass is 664 g/mol. The molecule has 0 spiro atoms. The third-order valence-corrected chi connectivity index (χ3v) is 10.2. The molecular formula is C37H40N6O4S. The van der Waals surface area contributed by atoms with Gasteiger partial charge in [-0.15, -0.1) is 11.3 Å². The fourth-order valence-electron chi connectivity index (χ4n) is 6.56. The Kier molecular flexibility index (Phi) is 10.2. The Morgan fingerprint density at radius 2 is 1.40 bits per heavy atom. The second-order valence-electron chi connectivity index (χ2n) is 12.5. The fraction of sp³-hybridized carbons (Fsp3) is 0.297. The van der Waals surface area contributed by atoms with E-state index in [1.165, 1.54) is 0 Å². The van der Waals surface area contributed by atoms with Crippen LogP contribution in [0.3, 0.4) is 0 Å². The molecule has 0 unspecified atom stereocenters. The summed E-state index contributed by atoms with van der Waals surface area (Å²) >= 11 is 1.57. The van der Waals surface area contributed by atoms with Gasteiger partial charge in [0.15, 0.2) is 0 Å². The van der Waals surface area contributed by atoms with Crippen molar-refractivity contribution in [2.24, 2.45) is 17.4 Å². The van der Waals surface area contributed by atoms with Gasteiger partial charge in [0.05, 0.1) is 5.92 Å². The van der Waals surface area contributed by atoms with Crippen molar-refractivity contribution in [2.45, 2.75) is 62.7 Å². The Labute approximate surface area is 282 Å². The summed E-state index contributed by atoms with van der Waals surface area (Å²) in [7, 11) is 0. The van der Waals surface area contributed by atoms with Gasteiger partial charge in [-0.2, -0.15) is 0 Å². The van der Waals surface area contributed by atoms with Gasteiger partial charge in [0.25, 0.3) is 0 Å². The molecule has 0 aliphatic heterocycles. The van der Waals surface area contributed by atoms with E-state index >= 15 is 0 Å². The zero-order valence-electron chi connectivity index (χ0n) is 26.5. The van der Waals surface area contributed by atoms with Gasteiger partial charge >= 0.3 is 0 Å². The molecule has 1 saturated carbocycles. The number of benzene rings is 3. The molecule has 248 valence electrons. The predicted octanol–water partition coefficient (Wildman–Crippen LogP) is 3.48. The van der Waals surface area contributed by atoms with Crippen LogP contribution in [0.25, 0.3) is 21.0 Å². The zero-order chi connectivity index (χ0) is 33.6. The summed E-state index contributed by atoms with van der Waals surface area (Å²) < 4.78 is 1.07. The standard InChI is InChI=1S/C37H40N6O4S/c38-28-14-8-13-27(28)35(45)42-32(19-24-21-48-33-16-7-5-12-26(24)33)37(47)43-31(18-23-20-40-29-15-6-4-11-25(23)29)36(46)41-30(34(39)44)17-22-9-2-1-3-10-22/h1-7,9-12,15-16,20-21,27-28,30-32,40H,8,13-14,17-19,38H2,(H2,39,44)(H,41,46)(H,42,45)(H,43,47)/t27-,28+,30+,31-,32-/m1/s1. The number of carbonyl (C=O) groups is 4. The van der Waals surface area contributed by atoms with Crippen LogP contribution in [0.1, 0.15) is 36.0 Å². The number of aromatic nitrogens is 1. The Hall–Kier alpha value is -5.00. The molecule has 3 aromatic carbocycles. The summed E-state index contributed by atoms with van der Waals surface area (Å²) in [5.41, 5.74) is 15.4. The first-order valence-corrected chi connectivity index (χ1v) is 17.1. The second kappa shape index (κ2) is 14.8. The zero-order valence-corrected chi connectivity index (χ0v) is 27.3. The molecule has 2 aromatic heterocycles. The summed E-state index contributed by atoms with van der Waals surface area (Å²) in [5.74, 6) is -2.42. The molecule has 4 amide bonds. The minimum Gasteiger partial charge on any atom is -0.368 e. The van der Waals surface area contributed by atoms with Crippen LogP contribution in [0.5, 0.6) is 0 Å². The van der Waals surface area contributed by atoms with Crippen molar-refractivity contribution in [3.8, 4) is 0 Å². The number of aromatic amines is 1. The number of nitrogens with one attached hydrogen (secondary N) is 4. The predicted molar refractivity (Wildman–Crippen MR) is 188 cm³/mol. The first kappa shape index (κ1) is 32.9. The molecule has 5 atom stereocenters. The number of amides is 4. The molecule has 2 heterocycles. The minimum atomic E-state index is -1.08. The number of hydrogen-bond acceptors (Lipinski definition) is 6. The van der Waals surface area contributed by atoms with Crippen molar-refractivity contribution < 1.29 is 19.2 Å². The van der Waals surface area contributed by atoms with E-state index in [4.69, 9.17) is 11.5 Å². The summed E-state index contributed by atoms with van der Waals surface area (Å²) in [5, 5.41) is 12.6. The molecule has 48 heavy (non-hydrogen) atoms. The molecule has 0 saturated heterocycles. The highest BCUT2D eigenvalue weighted by atomic mass is 32.1. The van der Waals surface area contributed by atoms with Gasteiger partial charge in [-0.05, 0) is 52.4 Å². The van der Waals surface area contributed by atoms with Gasteiger partial charge in [0.1, 0.15) is 18.1 Å². The van der Waals surface area contributed by atoms with Crippen LogP contribution in [-0.2, 0) is 38.4 Å². The average molecular weight is 665 g/mol. The van der Waals surface area contributed by atoms with E-state index in [-0.39, 0.29) is 37.1 Å². The number of hydrogen-bond donors (Lipinski definition) is 6. The molecule has 5 aromatic rings. The number of primary amides is 1. The summed E-state index contributed by atoms with van der Waals surface area (Å²) in [6, 6.07) is 21.5. The molecule has 0 radical (unpaired) electrons. The van der Waals surface area contributed by atoms with Crippen molar-refractivity contribution >= 4 is 56.0 Å². The minimum absolute atomic E-state index is 0.133. The van der Waals surface area contributed by atoms with E-state index in [2.05, 4.69) is 20.9 Å². The maximum Gasteiger partial charge on any atom is 0.243 e. The number of carbonyl (C=O) groups excluding carboxylic acids is 4. The molecule has 0 bridgehead atoms. The average Bonchev–Trinajstić information content (AvgIpc) is 3.83. The van der Waals surface area contributed by atoms with Gasteiger partial charge in [0, 0.05) is 47.1 Å². The summed E-state index contributed by atoms with van der Waals surface area (Å²) in [4.78, 5) is 57.4. The lowest BCUT2D eigenvalue weighted by atomic mass is 9.99. The highest BCUT2D eigenvalue weighted by Crippen LogP contribution is 2.28. The van der Waals surface area contributed by atoms with E-state index in [9.17, 15) is 19.2 Å². The molecule has 11 heteroatoms. The number of thiophene rings is 1. The van der Waals surface area contributed by atoms with Crippen LogP contribution >= 0.6 is 11.3 Å². The quantitative estimate of drug-likeness (QED) is 0.113. The molecule has 1 aliphatic rings. The third kappa shape index (κ3) is 7.58. The van der Waals surface area contributed by atoms with Crippen LogP contribution in [-0.4, -0.2) is 52.8 Å². The second-order valence-corrected chi connectivity index (χ2v) is 13.4. The molecule has 1 aliphatic carbocycles. The lowest BCUT2D eigenvalue weighted by Gasteiger charge is -2.26. The fourth-order valence-corrected chi connectivity index (χ4v) is 7.54. The number of rotatable bonds is 13. The maximum absolute atomic E-state index is 14.2. The largest absolute Gasteiger partial charge is 0.368 e. The maximum atomic E-state index is 14.2. The van der Waals surface area contributed by atoms with Crippen LogP contribution in [0, 0.1) is 5.92 Å². The van der Waals surface area contributed by atoms with Gasteiger partial charge < -0.3 is 32.4 Å². The van der Waals surface area contributed by atoms with E-state index in [0.29, 0.717) is 6.42 Å². The van der Waals surface area contributed by atoms with Crippen molar-refractivity contribution in [3.63, 3.8) is 0 Å². The van der Waals surface area contributed by atoms with E-state index in [1.807, 2.05) is 90.4 Å². The molecule has 10 nitrogen and oxygen atoms in total. The van der Waals surface area contributed by atoms with Crippen molar-refractivity contribution in [2.75, 3.05) is 0 Å². The molecular weight excluding hydrogens is 625 g/mol. The van der Waals surface area contributed by atoms with Gasteiger partial charge in [-0.3, -0.25) is 19.2 Å². The van der Waals surface area contributed by atoms with Gasteiger partial charge in [0.2, 0.25) is 23.6 Å². The van der Waals surface area contributed by atoms with Crippen LogP contribution in [0.4, 0.5) is 0 Å². The summed E-state index contributed by atoms with van der Waals surface area (Å²) in [6.07, 6.45) is 4.62. The van der Waals surface area contributed by atoms with Crippen LogP contribution in [0.2, 0.25) is 0 Å². The highest BCUT2D eigenvalue weighted by Gasteiger charge is 2.35. The van der Waals surface area contributed by atoms with E-state index in [0.717, 1.165) is 50.5 Å². The first-order chi connectivity index (χ1) is 23.3. The van der Waals surface area contributed by atoms with E-state index in [1.54, 1.807) is 11.3 Å². The normalized spacial score (nSPS) is 17.9. The Bertz CT molecular complexity index is 1920. The highest BCUT2D eigenvalue weighted by molar-refractivity contribution is 7.17. The number of fused-ring (bicyclic) bond motifs is 2. The topological polar surface area (TPSA) is 172 Å².